The first-order valence-electron chi connectivity index (χ1n) is 10.3. The lowest BCUT2D eigenvalue weighted by Crippen LogP contribution is -2.43. The van der Waals surface area contributed by atoms with Crippen LogP contribution in [0.15, 0.2) is 60.7 Å². The van der Waals surface area contributed by atoms with Gasteiger partial charge in [0.15, 0.2) is 0 Å². The van der Waals surface area contributed by atoms with Crippen molar-refractivity contribution in [2.75, 3.05) is 26.7 Å². The lowest BCUT2D eigenvalue weighted by molar-refractivity contribution is -0.134. The van der Waals surface area contributed by atoms with Crippen molar-refractivity contribution < 1.29 is 4.79 Å². The normalized spacial score (nSPS) is 32.9. The third-order valence-electron chi connectivity index (χ3n) is 7.21. The molecule has 1 saturated carbocycles. The number of carbonyl (C=O) groups is 1. The van der Waals surface area contributed by atoms with Gasteiger partial charge in [0.05, 0.1) is 6.04 Å². The molecule has 2 aromatic rings. The van der Waals surface area contributed by atoms with Crippen molar-refractivity contribution >= 4 is 5.91 Å². The smallest absolute Gasteiger partial charge is 0.239 e. The molecule has 3 aliphatic rings. The number of carbonyl (C=O) groups excluding carboxylic acids is 1. The van der Waals surface area contributed by atoms with Crippen LogP contribution in [0.3, 0.4) is 0 Å². The number of rotatable bonds is 3. The number of hydrogen-bond donors (Lipinski definition) is 0. The quantitative estimate of drug-likeness (QED) is 0.833. The minimum atomic E-state index is 0.104. The van der Waals surface area contributed by atoms with Crippen LogP contribution in [-0.2, 0) is 4.79 Å². The first kappa shape index (κ1) is 17.0. The van der Waals surface area contributed by atoms with Gasteiger partial charge in [-0.25, -0.2) is 0 Å². The zero-order valence-corrected chi connectivity index (χ0v) is 16.0. The number of fused-ring (bicyclic) bond motifs is 1. The summed E-state index contributed by atoms with van der Waals surface area (Å²) in [4.78, 5) is 17.6. The van der Waals surface area contributed by atoms with Crippen LogP contribution in [0.1, 0.15) is 35.8 Å². The Bertz CT molecular complexity index is 752. The summed E-state index contributed by atoms with van der Waals surface area (Å²) in [6, 6.07) is 22.0. The van der Waals surface area contributed by atoms with E-state index < -0.39 is 0 Å². The lowest BCUT2D eigenvalue weighted by atomic mass is 9.54. The van der Waals surface area contributed by atoms with E-state index in [1.54, 1.807) is 0 Å². The summed E-state index contributed by atoms with van der Waals surface area (Å²) in [6.45, 7) is 2.91. The van der Waals surface area contributed by atoms with Crippen molar-refractivity contribution in [2.45, 2.75) is 30.7 Å². The molecule has 3 fully saturated rings. The van der Waals surface area contributed by atoms with Gasteiger partial charge in [0.25, 0.3) is 0 Å². The Morgan fingerprint density at radius 1 is 0.852 bits per heavy atom. The van der Waals surface area contributed by atoms with Gasteiger partial charge in [0.1, 0.15) is 0 Å². The molecule has 2 aromatic carbocycles. The molecule has 0 spiro atoms. The first-order chi connectivity index (χ1) is 13.2. The van der Waals surface area contributed by atoms with Gasteiger partial charge in [-0.2, -0.15) is 0 Å². The summed E-state index contributed by atoms with van der Waals surface area (Å²) in [7, 11) is 2.10. The van der Waals surface area contributed by atoms with Gasteiger partial charge >= 0.3 is 0 Å². The van der Waals surface area contributed by atoms with Crippen LogP contribution < -0.4 is 0 Å². The summed E-state index contributed by atoms with van der Waals surface area (Å²) in [5.74, 6) is 2.60. The maximum absolute atomic E-state index is 13.1. The van der Waals surface area contributed by atoms with E-state index in [9.17, 15) is 4.79 Å². The molecule has 0 radical (unpaired) electrons. The molecule has 27 heavy (non-hydrogen) atoms. The summed E-state index contributed by atoms with van der Waals surface area (Å²) in [5, 5.41) is 0. The summed E-state index contributed by atoms with van der Waals surface area (Å²) >= 11 is 0. The molecule has 0 N–H and O–H groups in total. The Kier molecular flexibility index (Phi) is 4.28. The molecule has 2 aliphatic heterocycles. The highest BCUT2D eigenvalue weighted by molar-refractivity contribution is 5.82. The number of amides is 1. The molecular weight excluding hydrogens is 332 g/mol. The number of likely N-dealkylation sites (N-methyl/N-ethyl adjacent to an activating group) is 1. The predicted octanol–water partition coefficient (Wildman–Crippen LogP) is 3.74. The van der Waals surface area contributed by atoms with Crippen LogP contribution >= 0.6 is 0 Å². The van der Waals surface area contributed by atoms with Crippen LogP contribution in [0.5, 0.6) is 0 Å². The molecule has 2 heterocycles. The maximum atomic E-state index is 13.1. The van der Waals surface area contributed by atoms with Gasteiger partial charge in [-0.15, -0.1) is 0 Å². The van der Waals surface area contributed by atoms with E-state index in [0.717, 1.165) is 32.5 Å². The second-order valence-corrected chi connectivity index (χ2v) is 8.58. The van der Waals surface area contributed by atoms with Gasteiger partial charge in [0.2, 0.25) is 5.91 Å². The molecule has 1 amide bonds. The molecule has 5 unspecified atom stereocenters. The van der Waals surface area contributed by atoms with Gasteiger partial charge in [-0.3, -0.25) is 9.69 Å². The van der Waals surface area contributed by atoms with Crippen LogP contribution in [0, 0.1) is 11.8 Å². The number of benzene rings is 2. The monoisotopic (exact) mass is 360 g/mol. The molecule has 3 heteroatoms. The van der Waals surface area contributed by atoms with E-state index in [0.29, 0.717) is 29.6 Å². The summed E-state index contributed by atoms with van der Waals surface area (Å²) in [5.41, 5.74) is 2.86. The average Bonchev–Trinajstić information content (AvgIpc) is 3.28. The third kappa shape index (κ3) is 2.80. The van der Waals surface area contributed by atoms with Crippen LogP contribution in [0.25, 0.3) is 0 Å². The molecule has 0 aromatic heterocycles. The Morgan fingerprint density at radius 3 is 1.81 bits per heavy atom. The fraction of sp³-hybridized carbons (Fsp3) is 0.458. The highest BCUT2D eigenvalue weighted by atomic mass is 16.2. The van der Waals surface area contributed by atoms with Crippen molar-refractivity contribution in [1.82, 2.24) is 9.80 Å². The maximum Gasteiger partial charge on any atom is 0.239 e. The van der Waals surface area contributed by atoms with E-state index in [4.69, 9.17) is 0 Å². The first-order valence-corrected chi connectivity index (χ1v) is 10.3. The van der Waals surface area contributed by atoms with Crippen molar-refractivity contribution in [3.63, 3.8) is 0 Å². The average molecular weight is 361 g/mol. The van der Waals surface area contributed by atoms with E-state index in [1.165, 1.54) is 11.1 Å². The van der Waals surface area contributed by atoms with Crippen molar-refractivity contribution in [3.8, 4) is 0 Å². The Hall–Kier alpha value is -2.13. The van der Waals surface area contributed by atoms with Gasteiger partial charge in [-0.1, -0.05) is 60.7 Å². The second kappa shape index (κ2) is 6.79. The highest BCUT2D eigenvalue weighted by Crippen LogP contribution is 2.60. The van der Waals surface area contributed by atoms with E-state index in [-0.39, 0.29) is 6.04 Å². The molecule has 140 valence electrons. The summed E-state index contributed by atoms with van der Waals surface area (Å²) < 4.78 is 0. The van der Waals surface area contributed by atoms with Crippen molar-refractivity contribution in [3.05, 3.63) is 71.8 Å². The molecule has 0 bridgehead atoms. The fourth-order valence-corrected chi connectivity index (χ4v) is 5.87. The van der Waals surface area contributed by atoms with Crippen molar-refractivity contribution in [1.29, 1.82) is 0 Å². The Morgan fingerprint density at radius 2 is 1.37 bits per heavy atom. The standard InChI is InChI=1S/C24H28N2O/c1-25-14-8-13-21(25)24(27)26-15-19-20(16-26)23(18-11-6-3-7-12-18)22(19)17-9-4-2-5-10-17/h2-7,9-12,19-23H,8,13-16H2,1H3. The largest absolute Gasteiger partial charge is 0.341 e. The van der Waals surface area contributed by atoms with Gasteiger partial charge < -0.3 is 4.90 Å². The highest BCUT2D eigenvalue weighted by Gasteiger charge is 2.56. The topological polar surface area (TPSA) is 23.6 Å². The molecule has 5 atom stereocenters. The van der Waals surface area contributed by atoms with Gasteiger partial charge in [-0.05, 0) is 61.2 Å². The predicted molar refractivity (Wildman–Crippen MR) is 108 cm³/mol. The van der Waals surface area contributed by atoms with E-state index in [1.807, 2.05) is 0 Å². The van der Waals surface area contributed by atoms with Crippen LogP contribution in [-0.4, -0.2) is 48.4 Å². The number of hydrogen-bond acceptors (Lipinski definition) is 2. The van der Waals surface area contributed by atoms with E-state index >= 15 is 0 Å². The van der Waals surface area contributed by atoms with Crippen LogP contribution in [0.2, 0.25) is 0 Å². The SMILES string of the molecule is CN1CCCC1C(=O)N1CC2C(C1)C(c1ccccc1)C2c1ccccc1. The zero-order chi connectivity index (χ0) is 18.4. The number of nitrogens with zero attached hydrogens (tertiary/aromatic N) is 2. The minimum absolute atomic E-state index is 0.104. The zero-order valence-electron chi connectivity index (χ0n) is 16.0. The molecule has 3 nitrogen and oxygen atoms in total. The molecule has 5 rings (SSSR count). The number of likely N-dealkylation sites (tertiary alicyclic amines) is 2. The lowest BCUT2D eigenvalue weighted by Gasteiger charge is -2.49. The fourth-order valence-electron chi connectivity index (χ4n) is 5.87. The Balaban J connectivity index is 1.42. The molecule has 2 saturated heterocycles. The Labute approximate surface area is 162 Å². The van der Waals surface area contributed by atoms with Crippen LogP contribution in [0.4, 0.5) is 0 Å². The third-order valence-corrected chi connectivity index (χ3v) is 7.21. The molecular formula is C24H28N2O. The molecule has 1 aliphatic carbocycles. The van der Waals surface area contributed by atoms with E-state index in [2.05, 4.69) is 77.5 Å². The summed E-state index contributed by atoms with van der Waals surface area (Å²) in [6.07, 6.45) is 2.16. The van der Waals surface area contributed by atoms with Gasteiger partial charge in [0, 0.05) is 13.1 Å². The van der Waals surface area contributed by atoms with Crippen molar-refractivity contribution in [2.24, 2.45) is 11.8 Å². The minimum Gasteiger partial charge on any atom is -0.341 e. The second-order valence-electron chi connectivity index (χ2n) is 8.58.